The summed E-state index contributed by atoms with van der Waals surface area (Å²) >= 11 is 1.43. The van der Waals surface area contributed by atoms with Crippen LogP contribution in [0.5, 0.6) is 0 Å². The van der Waals surface area contributed by atoms with E-state index in [4.69, 9.17) is 4.74 Å². The molecule has 0 unspecified atom stereocenters. The van der Waals surface area contributed by atoms with E-state index in [1.165, 1.54) is 17.3 Å². The molecule has 0 spiro atoms. The van der Waals surface area contributed by atoms with Crippen molar-refractivity contribution in [3.05, 3.63) is 82.6 Å². The molecule has 6 heteroatoms. The molecule has 2 aliphatic rings. The fraction of sp³-hybridized carbons (Fsp3) is 0.346. The first-order valence-corrected chi connectivity index (χ1v) is 11.7. The van der Waals surface area contributed by atoms with Crippen LogP contribution in [0.3, 0.4) is 0 Å². The quantitative estimate of drug-likeness (QED) is 0.590. The molecule has 2 aliphatic heterocycles. The first kappa shape index (κ1) is 22.3. The van der Waals surface area contributed by atoms with Gasteiger partial charge in [-0.05, 0) is 36.0 Å². The van der Waals surface area contributed by atoms with Crippen LogP contribution in [0, 0.1) is 0 Å². The third-order valence-corrected chi connectivity index (χ3v) is 6.84. The van der Waals surface area contributed by atoms with E-state index in [1.807, 2.05) is 56.3 Å². The van der Waals surface area contributed by atoms with Crippen LogP contribution in [0.25, 0.3) is 0 Å². The Morgan fingerprint density at radius 1 is 1.09 bits per heavy atom. The SMILES string of the molecule is CC1=C(C(=O)OCc2ccccc2)[C@@H](c2ccc(C(C)(C)C)cc2)N2C(=O)[C@H](C)SC2=N1. The van der Waals surface area contributed by atoms with Gasteiger partial charge in [-0.15, -0.1) is 0 Å². The fourth-order valence-electron chi connectivity index (χ4n) is 3.95. The molecule has 0 saturated carbocycles. The predicted molar refractivity (Wildman–Crippen MR) is 128 cm³/mol. The van der Waals surface area contributed by atoms with Gasteiger partial charge in [0.25, 0.3) is 0 Å². The molecule has 2 atom stereocenters. The number of nitrogens with zero attached hydrogens (tertiary/aromatic N) is 2. The number of thioether (sulfide) groups is 1. The third-order valence-electron chi connectivity index (χ3n) is 5.78. The average Bonchev–Trinajstić information content (AvgIpc) is 3.04. The number of esters is 1. The molecular formula is C26H28N2O3S. The van der Waals surface area contributed by atoms with Crippen molar-refractivity contribution in [3.8, 4) is 0 Å². The van der Waals surface area contributed by atoms with Gasteiger partial charge in [0, 0.05) is 0 Å². The Balaban J connectivity index is 1.71. The third kappa shape index (κ3) is 4.24. The Morgan fingerprint density at radius 2 is 1.75 bits per heavy atom. The number of hydrogen-bond donors (Lipinski definition) is 0. The van der Waals surface area contributed by atoms with Gasteiger partial charge in [-0.2, -0.15) is 0 Å². The molecule has 1 saturated heterocycles. The van der Waals surface area contributed by atoms with Crippen molar-refractivity contribution >= 4 is 28.8 Å². The molecule has 2 aromatic rings. The molecule has 5 nitrogen and oxygen atoms in total. The Hall–Kier alpha value is -2.86. The Kier molecular flexibility index (Phi) is 5.99. The van der Waals surface area contributed by atoms with E-state index in [-0.39, 0.29) is 23.2 Å². The van der Waals surface area contributed by atoms with Crippen LogP contribution in [0.15, 0.2) is 70.9 Å². The van der Waals surface area contributed by atoms with Crippen molar-refractivity contribution in [1.82, 2.24) is 4.90 Å². The Bertz CT molecular complexity index is 1100. The molecule has 32 heavy (non-hydrogen) atoms. The summed E-state index contributed by atoms with van der Waals surface area (Å²) in [4.78, 5) is 32.6. The number of rotatable bonds is 4. The van der Waals surface area contributed by atoms with Crippen molar-refractivity contribution in [2.75, 3.05) is 0 Å². The monoisotopic (exact) mass is 448 g/mol. The molecule has 0 bridgehead atoms. The molecule has 2 heterocycles. The summed E-state index contributed by atoms with van der Waals surface area (Å²) in [5.41, 5.74) is 3.99. The van der Waals surface area contributed by atoms with Gasteiger partial charge in [0.15, 0.2) is 5.17 Å². The maximum atomic E-state index is 13.3. The lowest BCUT2D eigenvalue weighted by molar-refractivity contribution is -0.141. The predicted octanol–water partition coefficient (Wildman–Crippen LogP) is 5.38. The van der Waals surface area contributed by atoms with Crippen LogP contribution in [0.1, 0.15) is 57.4 Å². The smallest absolute Gasteiger partial charge is 0.338 e. The normalized spacial score (nSPS) is 20.8. The van der Waals surface area contributed by atoms with Crippen LogP contribution >= 0.6 is 11.8 Å². The van der Waals surface area contributed by atoms with Crippen molar-refractivity contribution < 1.29 is 14.3 Å². The standard InChI is InChI=1S/C26H28N2O3S/c1-16-21(24(30)31-15-18-9-7-6-8-10-18)22(28-23(29)17(2)32-25(28)27-16)19-11-13-20(14-12-19)26(3,4)5/h6-14,17,22H,15H2,1-5H3/t17-,22+/m0/s1. The zero-order valence-electron chi connectivity index (χ0n) is 19.1. The van der Waals surface area contributed by atoms with Crippen molar-refractivity contribution in [2.24, 2.45) is 4.99 Å². The lowest BCUT2D eigenvalue weighted by atomic mass is 9.85. The van der Waals surface area contributed by atoms with E-state index in [0.29, 0.717) is 16.4 Å². The Labute approximate surface area is 193 Å². The minimum atomic E-state index is -0.551. The van der Waals surface area contributed by atoms with E-state index in [1.54, 1.807) is 4.90 Å². The molecule has 0 aromatic heterocycles. The topological polar surface area (TPSA) is 59.0 Å². The second-order valence-electron chi connectivity index (χ2n) is 9.20. The number of amides is 1. The molecule has 166 valence electrons. The van der Waals surface area contributed by atoms with Crippen LogP contribution in [-0.4, -0.2) is 27.2 Å². The first-order valence-electron chi connectivity index (χ1n) is 10.8. The number of benzene rings is 2. The number of carbonyl (C=O) groups is 2. The summed E-state index contributed by atoms with van der Waals surface area (Å²) in [6, 6.07) is 17.2. The van der Waals surface area contributed by atoms with Crippen LogP contribution < -0.4 is 0 Å². The molecule has 0 radical (unpaired) electrons. The number of hydrogen-bond acceptors (Lipinski definition) is 5. The largest absolute Gasteiger partial charge is 0.457 e. The summed E-state index contributed by atoms with van der Waals surface area (Å²) in [7, 11) is 0. The number of amidine groups is 1. The minimum absolute atomic E-state index is 0.00867. The zero-order chi connectivity index (χ0) is 23.0. The first-order chi connectivity index (χ1) is 15.2. The van der Waals surface area contributed by atoms with Gasteiger partial charge in [-0.1, -0.05) is 87.1 Å². The highest BCUT2D eigenvalue weighted by Crippen LogP contribution is 2.43. The number of fused-ring (bicyclic) bond motifs is 1. The number of aliphatic imine (C=N–C) groups is 1. The van der Waals surface area contributed by atoms with E-state index >= 15 is 0 Å². The van der Waals surface area contributed by atoms with E-state index < -0.39 is 12.0 Å². The molecule has 1 amide bonds. The van der Waals surface area contributed by atoms with Crippen LogP contribution in [0.4, 0.5) is 0 Å². The highest BCUT2D eigenvalue weighted by molar-refractivity contribution is 8.15. The van der Waals surface area contributed by atoms with E-state index in [0.717, 1.165) is 11.1 Å². The van der Waals surface area contributed by atoms with Gasteiger partial charge in [0.1, 0.15) is 6.61 Å². The highest BCUT2D eigenvalue weighted by atomic mass is 32.2. The maximum Gasteiger partial charge on any atom is 0.338 e. The second-order valence-corrected chi connectivity index (χ2v) is 10.5. The Morgan fingerprint density at radius 3 is 2.38 bits per heavy atom. The maximum absolute atomic E-state index is 13.3. The van der Waals surface area contributed by atoms with Crippen LogP contribution in [0.2, 0.25) is 0 Å². The lowest BCUT2D eigenvalue weighted by Gasteiger charge is -2.33. The van der Waals surface area contributed by atoms with Gasteiger partial charge in [-0.3, -0.25) is 9.69 Å². The van der Waals surface area contributed by atoms with Gasteiger partial charge in [-0.25, -0.2) is 9.79 Å². The molecule has 0 aliphatic carbocycles. The molecule has 1 fully saturated rings. The molecule has 2 aromatic carbocycles. The summed E-state index contributed by atoms with van der Waals surface area (Å²) in [5.74, 6) is -0.490. The van der Waals surface area contributed by atoms with Gasteiger partial charge in [0.05, 0.1) is 22.6 Å². The fourth-order valence-corrected chi connectivity index (χ4v) is 4.97. The molecular weight excluding hydrogens is 420 g/mol. The summed E-state index contributed by atoms with van der Waals surface area (Å²) < 4.78 is 5.67. The number of carbonyl (C=O) groups excluding carboxylic acids is 2. The summed E-state index contributed by atoms with van der Waals surface area (Å²) in [6.07, 6.45) is 0. The van der Waals surface area contributed by atoms with Gasteiger partial charge >= 0.3 is 5.97 Å². The minimum Gasteiger partial charge on any atom is -0.457 e. The summed E-state index contributed by atoms with van der Waals surface area (Å²) in [5, 5.41) is 0.405. The van der Waals surface area contributed by atoms with E-state index in [2.05, 4.69) is 37.9 Å². The van der Waals surface area contributed by atoms with Crippen molar-refractivity contribution in [1.29, 1.82) is 0 Å². The van der Waals surface area contributed by atoms with E-state index in [9.17, 15) is 9.59 Å². The van der Waals surface area contributed by atoms with Crippen molar-refractivity contribution in [3.63, 3.8) is 0 Å². The molecule has 4 rings (SSSR count). The lowest BCUT2D eigenvalue weighted by Crippen LogP contribution is -2.40. The van der Waals surface area contributed by atoms with Crippen LogP contribution in [-0.2, 0) is 26.3 Å². The summed E-state index contributed by atoms with van der Waals surface area (Å²) in [6.45, 7) is 10.3. The number of ether oxygens (including phenoxy) is 1. The highest BCUT2D eigenvalue weighted by Gasteiger charge is 2.46. The van der Waals surface area contributed by atoms with Crippen molar-refractivity contribution in [2.45, 2.75) is 57.9 Å². The van der Waals surface area contributed by atoms with Gasteiger partial charge in [0.2, 0.25) is 5.91 Å². The molecule has 0 N–H and O–H groups in total. The zero-order valence-corrected chi connectivity index (χ0v) is 19.9. The number of allylic oxidation sites excluding steroid dienone is 1. The van der Waals surface area contributed by atoms with Gasteiger partial charge < -0.3 is 4.74 Å². The second kappa shape index (κ2) is 8.58. The average molecular weight is 449 g/mol.